The Labute approximate surface area is 111 Å². The van der Waals surface area contributed by atoms with E-state index >= 15 is 0 Å². The summed E-state index contributed by atoms with van der Waals surface area (Å²) >= 11 is 1.31. The molecule has 1 fully saturated rings. The van der Waals surface area contributed by atoms with Gasteiger partial charge in [-0.3, -0.25) is 0 Å². The number of hydrogen-bond donors (Lipinski definition) is 1. The number of carbonyl (C=O) groups is 1. The van der Waals surface area contributed by atoms with Crippen LogP contribution in [0.25, 0.3) is 0 Å². The van der Waals surface area contributed by atoms with Crippen LogP contribution in [-0.2, 0) is 0 Å². The first kappa shape index (κ1) is 13.1. The highest BCUT2D eigenvalue weighted by atomic mass is 32.2. The molecule has 0 amide bonds. The second-order valence-electron chi connectivity index (χ2n) is 4.33. The molecule has 1 aliphatic heterocycles. The molecule has 0 spiro atoms. The van der Waals surface area contributed by atoms with Gasteiger partial charge in [-0.2, -0.15) is 0 Å². The van der Waals surface area contributed by atoms with Crippen molar-refractivity contribution in [3.63, 3.8) is 0 Å². The molecular formula is C12H17N3O2S. The second-order valence-corrected chi connectivity index (χ2v) is 5.13. The van der Waals surface area contributed by atoms with Crippen LogP contribution < -0.4 is 4.90 Å². The zero-order valence-corrected chi connectivity index (χ0v) is 11.2. The van der Waals surface area contributed by atoms with Crippen LogP contribution in [0.15, 0.2) is 11.1 Å². The Hall–Kier alpha value is -1.30. The molecule has 98 valence electrons. The summed E-state index contributed by atoms with van der Waals surface area (Å²) in [6.07, 6.45) is 6.54. The van der Waals surface area contributed by atoms with Gasteiger partial charge in [0.2, 0.25) is 0 Å². The van der Waals surface area contributed by atoms with E-state index in [9.17, 15) is 9.90 Å². The molecule has 1 aliphatic rings. The van der Waals surface area contributed by atoms with E-state index in [1.54, 1.807) is 6.07 Å². The van der Waals surface area contributed by atoms with Crippen molar-refractivity contribution < 1.29 is 9.90 Å². The zero-order valence-electron chi connectivity index (χ0n) is 10.4. The molecule has 18 heavy (non-hydrogen) atoms. The first-order valence-corrected chi connectivity index (χ1v) is 7.35. The fourth-order valence-corrected chi connectivity index (χ4v) is 2.62. The van der Waals surface area contributed by atoms with Crippen LogP contribution in [0.1, 0.15) is 36.0 Å². The van der Waals surface area contributed by atoms with Crippen molar-refractivity contribution >= 4 is 23.5 Å². The highest BCUT2D eigenvalue weighted by Gasteiger charge is 2.17. The number of thioether (sulfide) groups is 1. The molecule has 0 aliphatic carbocycles. The van der Waals surface area contributed by atoms with Crippen molar-refractivity contribution in [2.45, 2.75) is 30.7 Å². The van der Waals surface area contributed by atoms with Crippen molar-refractivity contribution in [3.8, 4) is 0 Å². The lowest BCUT2D eigenvalue weighted by atomic mass is 10.2. The average Bonchev–Trinajstić information content (AvgIpc) is 2.66. The largest absolute Gasteiger partial charge is 0.478 e. The lowest BCUT2D eigenvalue weighted by Crippen LogP contribution is -2.25. The molecule has 0 bridgehead atoms. The molecule has 1 aromatic rings. The van der Waals surface area contributed by atoms with Gasteiger partial charge in [0.1, 0.15) is 5.03 Å². The molecule has 1 aromatic heterocycles. The summed E-state index contributed by atoms with van der Waals surface area (Å²) < 4.78 is 0. The van der Waals surface area contributed by atoms with Gasteiger partial charge in [0.25, 0.3) is 0 Å². The molecule has 2 rings (SSSR count). The summed E-state index contributed by atoms with van der Waals surface area (Å²) in [7, 11) is 0. The highest BCUT2D eigenvalue weighted by molar-refractivity contribution is 7.98. The summed E-state index contributed by atoms with van der Waals surface area (Å²) in [4.78, 5) is 13.3. The fraction of sp³-hybridized carbons (Fsp3) is 0.583. The van der Waals surface area contributed by atoms with Gasteiger partial charge in [0.15, 0.2) is 5.82 Å². The van der Waals surface area contributed by atoms with Crippen molar-refractivity contribution in [1.82, 2.24) is 10.2 Å². The van der Waals surface area contributed by atoms with E-state index < -0.39 is 5.97 Å². The molecule has 0 unspecified atom stereocenters. The number of aromatic carboxylic acids is 1. The number of aromatic nitrogens is 2. The monoisotopic (exact) mass is 267 g/mol. The average molecular weight is 267 g/mol. The Morgan fingerprint density at radius 2 is 1.94 bits per heavy atom. The summed E-state index contributed by atoms with van der Waals surface area (Å²) in [5.74, 6) is -0.252. The van der Waals surface area contributed by atoms with Crippen LogP contribution in [0.5, 0.6) is 0 Å². The quantitative estimate of drug-likeness (QED) is 0.847. The Balaban J connectivity index is 2.27. The van der Waals surface area contributed by atoms with E-state index in [4.69, 9.17) is 0 Å². The smallest absolute Gasteiger partial charge is 0.338 e. The maximum absolute atomic E-state index is 11.2. The maximum Gasteiger partial charge on any atom is 0.338 e. The second kappa shape index (κ2) is 6.04. The Kier molecular flexibility index (Phi) is 4.41. The Morgan fingerprint density at radius 1 is 1.28 bits per heavy atom. The minimum absolute atomic E-state index is 0.247. The van der Waals surface area contributed by atoms with E-state index in [2.05, 4.69) is 15.1 Å². The zero-order chi connectivity index (χ0) is 13.0. The molecule has 5 nitrogen and oxygen atoms in total. The molecule has 1 saturated heterocycles. The van der Waals surface area contributed by atoms with Gasteiger partial charge in [0, 0.05) is 13.1 Å². The lowest BCUT2D eigenvalue weighted by molar-refractivity contribution is 0.0692. The lowest BCUT2D eigenvalue weighted by Gasteiger charge is -2.21. The number of carboxylic acid groups (broad SMARTS) is 1. The van der Waals surface area contributed by atoms with Crippen LogP contribution >= 0.6 is 11.8 Å². The minimum Gasteiger partial charge on any atom is -0.478 e. The van der Waals surface area contributed by atoms with Crippen LogP contribution in [0, 0.1) is 0 Å². The molecule has 0 aromatic carbocycles. The molecule has 0 radical (unpaired) electrons. The van der Waals surface area contributed by atoms with Gasteiger partial charge in [-0.15, -0.1) is 22.0 Å². The van der Waals surface area contributed by atoms with Gasteiger partial charge in [-0.25, -0.2) is 4.79 Å². The predicted octanol–water partition coefficient (Wildman–Crippen LogP) is 2.28. The Morgan fingerprint density at radius 3 is 2.50 bits per heavy atom. The first-order valence-electron chi connectivity index (χ1n) is 6.12. The van der Waals surface area contributed by atoms with Gasteiger partial charge in [0.05, 0.1) is 5.56 Å². The third kappa shape index (κ3) is 2.93. The van der Waals surface area contributed by atoms with Gasteiger partial charge in [-0.1, -0.05) is 12.8 Å². The summed E-state index contributed by atoms with van der Waals surface area (Å²) in [6.45, 7) is 1.87. The van der Waals surface area contributed by atoms with E-state index in [-0.39, 0.29) is 5.56 Å². The van der Waals surface area contributed by atoms with Crippen LogP contribution in [-0.4, -0.2) is 40.6 Å². The van der Waals surface area contributed by atoms with Gasteiger partial charge >= 0.3 is 5.97 Å². The first-order chi connectivity index (χ1) is 8.72. The molecule has 2 heterocycles. The summed E-state index contributed by atoms with van der Waals surface area (Å²) in [6, 6.07) is 1.65. The van der Waals surface area contributed by atoms with E-state index in [1.165, 1.54) is 24.6 Å². The third-order valence-corrected chi connectivity index (χ3v) is 3.79. The minimum atomic E-state index is -0.940. The van der Waals surface area contributed by atoms with Crippen molar-refractivity contribution in [1.29, 1.82) is 0 Å². The number of nitrogens with zero attached hydrogens (tertiary/aromatic N) is 3. The maximum atomic E-state index is 11.2. The number of rotatable bonds is 3. The Bertz CT molecular complexity index is 431. The number of anilines is 1. The van der Waals surface area contributed by atoms with Crippen LogP contribution in [0.4, 0.5) is 5.82 Å². The van der Waals surface area contributed by atoms with E-state index in [0.717, 1.165) is 25.9 Å². The number of carboxylic acids is 1. The normalized spacial score (nSPS) is 16.4. The third-order valence-electron chi connectivity index (χ3n) is 3.10. The molecule has 0 atom stereocenters. The topological polar surface area (TPSA) is 66.3 Å². The molecule has 6 heteroatoms. The highest BCUT2D eigenvalue weighted by Crippen LogP contribution is 2.23. The van der Waals surface area contributed by atoms with Crippen LogP contribution in [0.2, 0.25) is 0 Å². The molecule has 0 saturated carbocycles. The van der Waals surface area contributed by atoms with E-state index in [1.807, 2.05) is 6.26 Å². The SMILES string of the molecule is CSc1nnc(N2CCCCCC2)cc1C(=O)O. The summed E-state index contributed by atoms with van der Waals surface area (Å²) in [5, 5.41) is 17.8. The van der Waals surface area contributed by atoms with Crippen molar-refractivity contribution in [2.24, 2.45) is 0 Å². The van der Waals surface area contributed by atoms with Crippen molar-refractivity contribution in [3.05, 3.63) is 11.6 Å². The van der Waals surface area contributed by atoms with Gasteiger partial charge in [-0.05, 0) is 25.2 Å². The fourth-order valence-electron chi connectivity index (χ4n) is 2.13. The number of hydrogen-bond acceptors (Lipinski definition) is 5. The van der Waals surface area contributed by atoms with Gasteiger partial charge < -0.3 is 10.0 Å². The standard InChI is InChI=1S/C12H17N3O2S/c1-18-11-9(12(16)17)8-10(13-14-11)15-6-4-2-3-5-7-15/h8H,2-7H2,1H3,(H,16,17). The van der Waals surface area contributed by atoms with Crippen LogP contribution in [0.3, 0.4) is 0 Å². The van der Waals surface area contributed by atoms with E-state index in [0.29, 0.717) is 10.8 Å². The molecular weight excluding hydrogens is 250 g/mol. The van der Waals surface area contributed by atoms with Crippen molar-refractivity contribution in [2.75, 3.05) is 24.2 Å². The predicted molar refractivity (Wildman–Crippen MR) is 71.5 cm³/mol. The summed E-state index contributed by atoms with van der Waals surface area (Å²) in [5.41, 5.74) is 0.247. The molecule has 1 N–H and O–H groups in total.